The molecule has 0 saturated carbocycles. The highest BCUT2D eigenvalue weighted by molar-refractivity contribution is 5.22. The molecule has 0 spiro atoms. The van der Waals surface area contributed by atoms with E-state index in [2.05, 4.69) is 52.3 Å². The van der Waals surface area contributed by atoms with Crippen LogP contribution in [0.25, 0.3) is 0 Å². The molecule has 13 heavy (non-hydrogen) atoms. The van der Waals surface area contributed by atoms with Crippen LogP contribution in [0.5, 0.6) is 0 Å². The van der Waals surface area contributed by atoms with Crippen molar-refractivity contribution in [1.82, 2.24) is 0 Å². The number of benzene rings is 1. The van der Waals surface area contributed by atoms with Crippen LogP contribution in [-0.4, -0.2) is 25.6 Å². The first-order chi connectivity index (χ1) is 6.01. The maximum atomic E-state index is 2.31. The molecule has 0 atom stereocenters. The van der Waals surface area contributed by atoms with Crippen molar-refractivity contribution in [2.75, 3.05) is 21.1 Å². The molecular weight excluding hydrogens is 158 g/mol. The van der Waals surface area contributed by atoms with Gasteiger partial charge < -0.3 is 4.48 Å². The van der Waals surface area contributed by atoms with Gasteiger partial charge in [0, 0.05) is 5.56 Å². The normalized spacial score (nSPS) is 11.7. The van der Waals surface area contributed by atoms with Crippen LogP contribution in [0, 0.1) is 0 Å². The molecule has 0 N–H and O–H groups in total. The number of quaternary nitrogens is 1. The smallest absolute Gasteiger partial charge is 0.104 e. The molecule has 0 aliphatic heterocycles. The summed E-state index contributed by atoms with van der Waals surface area (Å²) in [6.07, 6.45) is 1.13. The van der Waals surface area contributed by atoms with E-state index in [9.17, 15) is 0 Å². The molecule has 0 bridgehead atoms. The molecule has 0 saturated heterocycles. The second-order valence-electron chi connectivity index (χ2n) is 4.62. The topological polar surface area (TPSA) is 0 Å². The van der Waals surface area contributed by atoms with Crippen molar-refractivity contribution < 1.29 is 4.48 Å². The van der Waals surface area contributed by atoms with E-state index >= 15 is 0 Å². The van der Waals surface area contributed by atoms with Gasteiger partial charge in [0.25, 0.3) is 0 Å². The Balaban J connectivity index is 2.78. The lowest BCUT2D eigenvalue weighted by Crippen LogP contribution is -2.33. The first kappa shape index (κ1) is 10.3. The Morgan fingerprint density at radius 2 is 1.69 bits per heavy atom. The summed E-state index contributed by atoms with van der Waals surface area (Å²) in [5.74, 6) is 0. The van der Waals surface area contributed by atoms with E-state index in [1.54, 1.807) is 0 Å². The van der Waals surface area contributed by atoms with Crippen molar-refractivity contribution in [2.24, 2.45) is 0 Å². The zero-order valence-corrected chi connectivity index (χ0v) is 9.17. The highest BCUT2D eigenvalue weighted by Gasteiger charge is 2.07. The highest BCUT2D eigenvalue weighted by Crippen LogP contribution is 2.09. The van der Waals surface area contributed by atoms with Gasteiger partial charge in [0.05, 0.1) is 21.1 Å². The monoisotopic (exact) mass is 178 g/mol. The fraction of sp³-hybridized carbons (Fsp3) is 0.500. The molecule has 0 aliphatic carbocycles. The largest absolute Gasteiger partial charge is 0.327 e. The predicted molar refractivity (Wildman–Crippen MR) is 57.6 cm³/mol. The van der Waals surface area contributed by atoms with E-state index < -0.39 is 0 Å². The minimum Gasteiger partial charge on any atom is -0.327 e. The molecule has 0 radical (unpaired) electrons. The average molecular weight is 178 g/mol. The van der Waals surface area contributed by atoms with E-state index in [1.807, 2.05) is 0 Å². The standard InChI is InChI=1S/C12H20N/c1-5-11-7-6-8-12(9-11)10-13(2,3)4/h6-9H,5,10H2,1-4H3/q+1. The highest BCUT2D eigenvalue weighted by atomic mass is 15.3. The van der Waals surface area contributed by atoms with Gasteiger partial charge in [0.2, 0.25) is 0 Å². The Morgan fingerprint density at radius 1 is 1.08 bits per heavy atom. The molecule has 0 amide bonds. The zero-order valence-electron chi connectivity index (χ0n) is 9.17. The third-order valence-electron chi connectivity index (χ3n) is 2.06. The zero-order chi connectivity index (χ0) is 9.90. The van der Waals surface area contributed by atoms with Crippen LogP contribution < -0.4 is 0 Å². The second kappa shape index (κ2) is 3.93. The van der Waals surface area contributed by atoms with Crippen molar-refractivity contribution >= 4 is 0 Å². The molecule has 1 nitrogen and oxygen atoms in total. The predicted octanol–water partition coefficient (Wildman–Crippen LogP) is 2.46. The summed E-state index contributed by atoms with van der Waals surface area (Å²) in [7, 11) is 6.66. The van der Waals surface area contributed by atoms with Gasteiger partial charge in [-0.05, 0) is 12.0 Å². The Kier molecular flexibility index (Phi) is 3.10. The molecule has 1 rings (SSSR count). The average Bonchev–Trinajstić information content (AvgIpc) is 2.01. The van der Waals surface area contributed by atoms with Crippen molar-refractivity contribution in [3.63, 3.8) is 0 Å². The lowest BCUT2D eigenvalue weighted by Gasteiger charge is -2.24. The number of nitrogens with zero attached hydrogens (tertiary/aromatic N) is 1. The molecular formula is C12H20N+. The summed E-state index contributed by atoms with van der Waals surface area (Å²) in [6.45, 7) is 3.30. The van der Waals surface area contributed by atoms with Crippen molar-refractivity contribution in [3.8, 4) is 0 Å². The number of aryl methyl sites for hydroxylation is 1. The van der Waals surface area contributed by atoms with Gasteiger partial charge in [0.1, 0.15) is 6.54 Å². The van der Waals surface area contributed by atoms with Gasteiger partial charge in [0.15, 0.2) is 0 Å². The lowest BCUT2D eigenvalue weighted by molar-refractivity contribution is -0.884. The Bertz CT molecular complexity index is 271. The molecule has 0 unspecified atom stereocenters. The minimum atomic E-state index is 0.993. The summed E-state index contributed by atoms with van der Waals surface area (Å²) >= 11 is 0. The summed E-state index contributed by atoms with van der Waals surface area (Å²) < 4.78 is 0.993. The number of hydrogen-bond donors (Lipinski definition) is 0. The van der Waals surface area contributed by atoms with E-state index in [0.29, 0.717) is 0 Å². The van der Waals surface area contributed by atoms with Gasteiger partial charge in [-0.2, -0.15) is 0 Å². The molecule has 72 valence electrons. The van der Waals surface area contributed by atoms with Gasteiger partial charge in [-0.1, -0.05) is 31.2 Å². The maximum absolute atomic E-state index is 2.31. The number of rotatable bonds is 3. The molecule has 0 aromatic heterocycles. The van der Waals surface area contributed by atoms with Crippen LogP contribution >= 0.6 is 0 Å². The molecule has 0 aliphatic rings. The molecule has 1 heteroatoms. The summed E-state index contributed by atoms with van der Waals surface area (Å²) in [5.41, 5.74) is 2.87. The van der Waals surface area contributed by atoms with Gasteiger partial charge in [-0.3, -0.25) is 0 Å². The fourth-order valence-electron chi connectivity index (χ4n) is 1.50. The van der Waals surface area contributed by atoms with Crippen LogP contribution in [0.4, 0.5) is 0 Å². The van der Waals surface area contributed by atoms with Crippen molar-refractivity contribution in [1.29, 1.82) is 0 Å². The molecule has 1 aromatic rings. The Labute approximate surface area is 81.6 Å². The number of hydrogen-bond acceptors (Lipinski definition) is 0. The summed E-state index contributed by atoms with van der Waals surface area (Å²) in [4.78, 5) is 0. The first-order valence-electron chi connectivity index (χ1n) is 4.89. The van der Waals surface area contributed by atoms with Crippen molar-refractivity contribution in [2.45, 2.75) is 19.9 Å². The molecule has 1 aromatic carbocycles. The summed E-state index contributed by atoms with van der Waals surface area (Å²) in [6, 6.07) is 8.87. The van der Waals surface area contributed by atoms with Gasteiger partial charge >= 0.3 is 0 Å². The van der Waals surface area contributed by atoms with Crippen LogP contribution in [0.3, 0.4) is 0 Å². The molecule has 0 fully saturated rings. The second-order valence-corrected chi connectivity index (χ2v) is 4.62. The summed E-state index contributed by atoms with van der Waals surface area (Å²) in [5, 5.41) is 0. The SMILES string of the molecule is CCc1cccc(C[N+](C)(C)C)c1. The molecule has 0 heterocycles. The Hall–Kier alpha value is -0.820. The van der Waals surface area contributed by atoms with Gasteiger partial charge in [-0.15, -0.1) is 0 Å². The van der Waals surface area contributed by atoms with E-state index in [-0.39, 0.29) is 0 Å². The van der Waals surface area contributed by atoms with E-state index in [0.717, 1.165) is 17.4 Å². The van der Waals surface area contributed by atoms with E-state index in [1.165, 1.54) is 11.1 Å². The van der Waals surface area contributed by atoms with E-state index in [4.69, 9.17) is 0 Å². The van der Waals surface area contributed by atoms with Crippen LogP contribution in [-0.2, 0) is 13.0 Å². The third kappa shape index (κ3) is 3.60. The Morgan fingerprint density at radius 3 is 2.23 bits per heavy atom. The van der Waals surface area contributed by atoms with Gasteiger partial charge in [-0.25, -0.2) is 0 Å². The maximum Gasteiger partial charge on any atom is 0.104 e. The van der Waals surface area contributed by atoms with Crippen LogP contribution in [0.2, 0.25) is 0 Å². The fourth-order valence-corrected chi connectivity index (χ4v) is 1.50. The first-order valence-corrected chi connectivity index (χ1v) is 4.89. The van der Waals surface area contributed by atoms with Crippen LogP contribution in [0.15, 0.2) is 24.3 Å². The minimum absolute atomic E-state index is 0.993. The quantitative estimate of drug-likeness (QED) is 0.624. The van der Waals surface area contributed by atoms with Crippen molar-refractivity contribution in [3.05, 3.63) is 35.4 Å². The third-order valence-corrected chi connectivity index (χ3v) is 2.06. The lowest BCUT2D eigenvalue weighted by atomic mass is 10.1. The van der Waals surface area contributed by atoms with Crippen LogP contribution in [0.1, 0.15) is 18.1 Å².